The first-order chi connectivity index (χ1) is 16.8. The Morgan fingerprint density at radius 2 is 1.80 bits per heavy atom. The Balaban J connectivity index is 1.41. The molecule has 0 radical (unpaired) electrons. The van der Waals surface area contributed by atoms with Crippen LogP contribution < -0.4 is 10.2 Å². The van der Waals surface area contributed by atoms with Gasteiger partial charge < -0.3 is 19.8 Å². The van der Waals surface area contributed by atoms with E-state index in [2.05, 4.69) is 27.3 Å². The third-order valence-corrected chi connectivity index (χ3v) is 7.30. The molecule has 0 spiro atoms. The van der Waals surface area contributed by atoms with Gasteiger partial charge in [-0.3, -0.25) is 0 Å². The zero-order valence-corrected chi connectivity index (χ0v) is 19.3. The summed E-state index contributed by atoms with van der Waals surface area (Å²) in [5.41, 5.74) is 2.09. The predicted octanol–water partition coefficient (Wildman–Crippen LogP) is 2.02. The maximum Gasteiger partial charge on any atom is 0.405 e. The summed E-state index contributed by atoms with van der Waals surface area (Å²) in [6.07, 6.45) is -0.151. The van der Waals surface area contributed by atoms with Crippen molar-refractivity contribution in [1.82, 2.24) is 19.8 Å². The maximum atomic E-state index is 13.2. The molecule has 1 aromatic heterocycles. The molecule has 1 atom stereocenters. The second-order valence-electron chi connectivity index (χ2n) is 7.74. The Morgan fingerprint density at radius 1 is 1.11 bits per heavy atom. The summed E-state index contributed by atoms with van der Waals surface area (Å²) in [5.74, 6) is 5.12. The Labute approximate surface area is 201 Å². The van der Waals surface area contributed by atoms with Crippen molar-refractivity contribution < 1.29 is 27.2 Å². The van der Waals surface area contributed by atoms with Crippen molar-refractivity contribution in [2.24, 2.45) is 0 Å². The SMILES string of the molecule is O=C(O)NC(C#Cc1ccc(-c2ncon2)cc1)CS(=O)(=O)N1CCN(c2ccc(F)cc2)CC1. The molecule has 4 rings (SSSR count). The third kappa shape index (κ3) is 6.34. The Hall–Kier alpha value is -3.95. The molecule has 3 aromatic rings. The number of carbonyl (C=O) groups is 1. The molecule has 1 unspecified atom stereocenters. The van der Waals surface area contributed by atoms with Crippen LogP contribution in [0.4, 0.5) is 14.9 Å². The molecule has 0 aliphatic carbocycles. The minimum atomic E-state index is -3.79. The van der Waals surface area contributed by atoms with Crippen LogP contribution in [0.5, 0.6) is 0 Å². The number of amides is 1. The number of sulfonamides is 1. The lowest BCUT2D eigenvalue weighted by atomic mass is 10.1. The molecule has 2 heterocycles. The Morgan fingerprint density at radius 3 is 2.40 bits per heavy atom. The van der Waals surface area contributed by atoms with Crippen LogP contribution in [0.1, 0.15) is 5.56 Å². The van der Waals surface area contributed by atoms with Crippen molar-refractivity contribution in [3.63, 3.8) is 0 Å². The van der Waals surface area contributed by atoms with Gasteiger partial charge in [-0.2, -0.15) is 9.29 Å². The minimum absolute atomic E-state index is 0.227. The molecule has 1 aliphatic rings. The van der Waals surface area contributed by atoms with Crippen LogP contribution in [0, 0.1) is 17.7 Å². The first-order valence-corrected chi connectivity index (χ1v) is 12.3. The van der Waals surface area contributed by atoms with Gasteiger partial charge in [0.2, 0.25) is 22.2 Å². The molecule has 35 heavy (non-hydrogen) atoms. The van der Waals surface area contributed by atoms with Gasteiger partial charge in [-0.25, -0.2) is 17.6 Å². The van der Waals surface area contributed by atoms with E-state index in [9.17, 15) is 17.6 Å². The zero-order valence-electron chi connectivity index (χ0n) is 18.5. The van der Waals surface area contributed by atoms with Gasteiger partial charge in [0.05, 0.1) is 5.75 Å². The monoisotopic (exact) mass is 499 g/mol. The van der Waals surface area contributed by atoms with E-state index in [1.54, 1.807) is 36.4 Å². The summed E-state index contributed by atoms with van der Waals surface area (Å²) in [4.78, 5) is 17.2. The molecular weight excluding hydrogens is 477 g/mol. The number of hydrogen-bond acceptors (Lipinski definition) is 7. The van der Waals surface area contributed by atoms with Gasteiger partial charge in [0.1, 0.15) is 11.9 Å². The van der Waals surface area contributed by atoms with Crippen molar-refractivity contribution in [2.75, 3.05) is 36.8 Å². The van der Waals surface area contributed by atoms with Gasteiger partial charge in [-0.05, 0) is 48.5 Å². The second-order valence-corrected chi connectivity index (χ2v) is 9.76. The fourth-order valence-electron chi connectivity index (χ4n) is 3.63. The number of carboxylic acid groups (broad SMARTS) is 1. The molecule has 182 valence electrons. The van der Waals surface area contributed by atoms with Gasteiger partial charge in [-0.15, -0.1) is 0 Å². The van der Waals surface area contributed by atoms with Crippen molar-refractivity contribution in [3.05, 3.63) is 66.3 Å². The van der Waals surface area contributed by atoms with Gasteiger partial charge in [-0.1, -0.05) is 17.0 Å². The number of nitrogens with one attached hydrogen (secondary N) is 1. The van der Waals surface area contributed by atoms with Gasteiger partial charge in [0.25, 0.3) is 0 Å². The summed E-state index contributed by atoms with van der Waals surface area (Å²) >= 11 is 0. The largest absolute Gasteiger partial charge is 0.465 e. The number of halogens is 1. The molecule has 2 N–H and O–H groups in total. The van der Waals surface area contributed by atoms with Crippen molar-refractivity contribution in [1.29, 1.82) is 0 Å². The highest BCUT2D eigenvalue weighted by Gasteiger charge is 2.29. The highest BCUT2D eigenvalue weighted by atomic mass is 32.2. The normalized spacial score (nSPS) is 15.2. The fraction of sp³-hybridized carbons (Fsp3) is 0.261. The second kappa shape index (κ2) is 10.5. The zero-order chi connectivity index (χ0) is 24.8. The van der Waals surface area contributed by atoms with Crippen LogP contribution in [-0.4, -0.2) is 72.0 Å². The lowest BCUT2D eigenvalue weighted by Gasteiger charge is -2.35. The van der Waals surface area contributed by atoms with Crippen LogP contribution in [-0.2, 0) is 10.0 Å². The molecule has 0 saturated carbocycles. The van der Waals surface area contributed by atoms with Crippen LogP contribution in [0.15, 0.2) is 59.4 Å². The first-order valence-electron chi connectivity index (χ1n) is 10.7. The molecule has 12 heteroatoms. The van der Waals surface area contributed by atoms with Gasteiger partial charge in [0, 0.05) is 43.0 Å². The summed E-state index contributed by atoms with van der Waals surface area (Å²) in [7, 11) is -3.79. The summed E-state index contributed by atoms with van der Waals surface area (Å²) < 4.78 is 45.2. The van der Waals surface area contributed by atoms with E-state index in [4.69, 9.17) is 9.63 Å². The van der Waals surface area contributed by atoms with Crippen molar-refractivity contribution in [3.8, 4) is 23.2 Å². The number of anilines is 1. The van der Waals surface area contributed by atoms with Crippen LogP contribution in [0.3, 0.4) is 0 Å². The highest BCUT2D eigenvalue weighted by Crippen LogP contribution is 2.19. The fourth-order valence-corrected chi connectivity index (χ4v) is 5.15. The van der Waals surface area contributed by atoms with Crippen molar-refractivity contribution >= 4 is 21.8 Å². The number of aromatic nitrogens is 2. The number of hydrogen-bond donors (Lipinski definition) is 2. The van der Waals surface area contributed by atoms with E-state index in [1.165, 1.54) is 22.8 Å². The predicted molar refractivity (Wildman–Crippen MR) is 126 cm³/mol. The van der Waals surface area contributed by atoms with E-state index in [-0.39, 0.29) is 18.9 Å². The quantitative estimate of drug-likeness (QED) is 0.493. The lowest BCUT2D eigenvalue weighted by molar-refractivity contribution is 0.193. The van der Waals surface area contributed by atoms with Crippen LogP contribution >= 0.6 is 0 Å². The molecule has 10 nitrogen and oxygen atoms in total. The molecule has 1 amide bonds. The number of rotatable bonds is 6. The number of nitrogens with zero attached hydrogens (tertiary/aromatic N) is 4. The van der Waals surface area contributed by atoms with E-state index in [1.807, 2.05) is 4.90 Å². The molecule has 2 aromatic carbocycles. The summed E-state index contributed by atoms with van der Waals surface area (Å²) in [6, 6.07) is 11.7. The maximum absolute atomic E-state index is 13.2. The smallest absolute Gasteiger partial charge is 0.405 e. The summed E-state index contributed by atoms with van der Waals surface area (Å²) in [5, 5.41) is 15.1. The standard InChI is InChI=1S/C23H22FN5O5S/c24-19-6-9-21(10-7-19)28-11-13-29(14-12-28)35(32,33)15-20(26-23(30)31)8-3-17-1-4-18(5-2-17)22-25-16-34-27-22/h1-2,4-7,9-10,16,20,26H,11-15H2,(H,30,31). The molecule has 1 aliphatic heterocycles. The third-order valence-electron chi connectivity index (χ3n) is 5.39. The van der Waals surface area contributed by atoms with Gasteiger partial charge >= 0.3 is 6.09 Å². The van der Waals surface area contributed by atoms with Crippen LogP contribution in [0.25, 0.3) is 11.4 Å². The molecule has 1 saturated heterocycles. The Bertz CT molecular complexity index is 1310. The average molecular weight is 500 g/mol. The van der Waals surface area contributed by atoms with Crippen molar-refractivity contribution in [2.45, 2.75) is 6.04 Å². The molecular formula is C23H22FN5O5S. The minimum Gasteiger partial charge on any atom is -0.465 e. The first kappa shape index (κ1) is 24.2. The van der Waals surface area contributed by atoms with Gasteiger partial charge in [0.15, 0.2) is 0 Å². The average Bonchev–Trinajstić information content (AvgIpc) is 3.38. The van der Waals surface area contributed by atoms with E-state index < -0.39 is 27.9 Å². The molecule has 1 fully saturated rings. The van der Waals surface area contributed by atoms with E-state index >= 15 is 0 Å². The number of benzene rings is 2. The lowest BCUT2D eigenvalue weighted by Crippen LogP contribution is -2.51. The molecule has 0 bridgehead atoms. The van der Waals surface area contributed by atoms with Crippen LogP contribution in [0.2, 0.25) is 0 Å². The summed E-state index contributed by atoms with van der Waals surface area (Å²) in [6.45, 7) is 1.32. The van der Waals surface area contributed by atoms with E-state index in [0.29, 0.717) is 30.0 Å². The Kier molecular flexibility index (Phi) is 7.28. The van der Waals surface area contributed by atoms with E-state index in [0.717, 1.165) is 5.69 Å². The highest BCUT2D eigenvalue weighted by molar-refractivity contribution is 7.89. The topological polar surface area (TPSA) is 129 Å². The number of piperazine rings is 1.